The van der Waals surface area contributed by atoms with Crippen molar-refractivity contribution in [3.63, 3.8) is 0 Å². The van der Waals surface area contributed by atoms with Gasteiger partial charge in [-0.3, -0.25) is 14.8 Å². The molecule has 0 bridgehead atoms. The summed E-state index contributed by atoms with van der Waals surface area (Å²) in [6.45, 7) is 1.70. The van der Waals surface area contributed by atoms with Crippen LogP contribution in [0.25, 0.3) is 11.6 Å². The third kappa shape index (κ3) is 5.84. The van der Waals surface area contributed by atoms with Crippen molar-refractivity contribution in [2.45, 2.75) is 0 Å². The maximum absolute atomic E-state index is 14.1. The Labute approximate surface area is 212 Å². The minimum Gasteiger partial charge on any atom is -0.493 e. The van der Waals surface area contributed by atoms with Gasteiger partial charge in [0, 0.05) is 44.1 Å². The molecule has 2 heterocycles. The summed E-state index contributed by atoms with van der Waals surface area (Å²) in [5.74, 6) is 0.0979. The zero-order chi connectivity index (χ0) is 26.4. The number of nitrogens with zero attached hydrogens (tertiary/aromatic N) is 4. The summed E-state index contributed by atoms with van der Waals surface area (Å²) in [7, 11) is 3.07. The van der Waals surface area contributed by atoms with Gasteiger partial charge in [0.05, 0.1) is 19.8 Å². The predicted octanol–water partition coefficient (Wildman–Crippen LogP) is 2.64. The van der Waals surface area contributed by atoms with E-state index in [1.807, 2.05) is 4.90 Å². The summed E-state index contributed by atoms with van der Waals surface area (Å²) >= 11 is 0. The number of anilines is 1. The van der Waals surface area contributed by atoms with Crippen LogP contribution < -0.4 is 19.9 Å². The van der Waals surface area contributed by atoms with Gasteiger partial charge in [0.1, 0.15) is 5.82 Å². The Kier molecular flexibility index (Phi) is 7.94. The van der Waals surface area contributed by atoms with E-state index in [0.29, 0.717) is 60.3 Å². The number of ether oxygens (including phenoxy) is 2. The molecule has 2 amide bonds. The molecule has 192 valence electrons. The maximum Gasteiger partial charge on any atom is 0.277 e. The van der Waals surface area contributed by atoms with Crippen molar-refractivity contribution in [1.82, 2.24) is 20.3 Å². The summed E-state index contributed by atoms with van der Waals surface area (Å²) in [4.78, 5) is 37.1. The van der Waals surface area contributed by atoms with Crippen molar-refractivity contribution in [2.24, 2.45) is 0 Å². The molecule has 1 aliphatic heterocycles. The Balaban J connectivity index is 1.55. The van der Waals surface area contributed by atoms with Crippen molar-refractivity contribution in [3.8, 4) is 11.5 Å². The average molecular weight is 508 g/mol. The fourth-order valence-electron chi connectivity index (χ4n) is 3.98. The molecule has 4 rings (SSSR count). The number of hydrogen-bond donors (Lipinski definition) is 2. The van der Waals surface area contributed by atoms with Gasteiger partial charge in [0.2, 0.25) is 5.95 Å². The highest BCUT2D eigenvalue weighted by Crippen LogP contribution is 2.30. The highest BCUT2D eigenvalue weighted by Gasteiger charge is 2.26. The molecule has 0 spiro atoms. The number of hydroxylamine groups is 1. The molecule has 0 atom stereocenters. The van der Waals surface area contributed by atoms with Crippen LogP contribution in [0.1, 0.15) is 21.5 Å². The van der Waals surface area contributed by atoms with Gasteiger partial charge in [-0.05, 0) is 41.5 Å². The molecule has 2 aromatic carbocycles. The van der Waals surface area contributed by atoms with E-state index >= 15 is 0 Å². The molecule has 1 aromatic heterocycles. The first-order chi connectivity index (χ1) is 17.9. The second-order valence-electron chi connectivity index (χ2n) is 8.17. The van der Waals surface area contributed by atoms with Gasteiger partial charge >= 0.3 is 0 Å². The second-order valence-corrected chi connectivity index (χ2v) is 8.17. The van der Waals surface area contributed by atoms with Crippen molar-refractivity contribution in [2.75, 3.05) is 45.3 Å². The number of amides is 2. The summed E-state index contributed by atoms with van der Waals surface area (Å²) < 4.78 is 24.8. The monoisotopic (exact) mass is 507 g/mol. The van der Waals surface area contributed by atoms with Crippen LogP contribution in [0.5, 0.6) is 11.5 Å². The number of piperazine rings is 1. The molecule has 11 heteroatoms. The van der Waals surface area contributed by atoms with Crippen molar-refractivity contribution in [1.29, 1.82) is 0 Å². The van der Waals surface area contributed by atoms with Crippen LogP contribution >= 0.6 is 0 Å². The molecule has 3 aromatic rings. The number of carbonyl (C=O) groups is 2. The first kappa shape index (κ1) is 25.6. The fourth-order valence-corrected chi connectivity index (χ4v) is 3.98. The normalized spacial score (nSPS) is 13.8. The molecule has 37 heavy (non-hydrogen) atoms. The van der Waals surface area contributed by atoms with Crippen molar-refractivity contribution < 1.29 is 28.7 Å². The van der Waals surface area contributed by atoms with Gasteiger partial charge in [-0.1, -0.05) is 18.2 Å². The summed E-state index contributed by atoms with van der Waals surface area (Å²) in [5, 5.41) is 8.73. The standard InChI is InChI=1S/C26H26FN5O5/c1-36-22-7-6-17(13-23(22)37-2)12-21(18-4-3-5-20(27)14-18)25(34)31-8-10-32(11-9-31)26-28-15-19(16-29-26)24(33)30-35/h3-7,12-16,35H,8-11H2,1-2H3,(H,30,33). The number of nitrogens with one attached hydrogen (secondary N) is 1. The molecule has 10 nitrogen and oxygen atoms in total. The van der Waals surface area contributed by atoms with Crippen LogP contribution in [-0.4, -0.2) is 72.3 Å². The van der Waals surface area contributed by atoms with E-state index < -0.39 is 11.7 Å². The van der Waals surface area contributed by atoms with E-state index in [1.165, 1.54) is 37.1 Å². The molecule has 1 saturated heterocycles. The van der Waals surface area contributed by atoms with Crippen LogP contribution in [0.2, 0.25) is 0 Å². The lowest BCUT2D eigenvalue weighted by Crippen LogP contribution is -2.49. The molecule has 1 aliphatic rings. The molecule has 2 N–H and O–H groups in total. The topological polar surface area (TPSA) is 117 Å². The number of rotatable bonds is 7. The van der Waals surface area contributed by atoms with Crippen molar-refractivity contribution >= 4 is 29.4 Å². The molecular formula is C26H26FN5O5. The number of halogens is 1. The summed E-state index contributed by atoms with van der Waals surface area (Å²) in [6, 6.07) is 11.2. The van der Waals surface area contributed by atoms with Crippen LogP contribution in [0.15, 0.2) is 54.9 Å². The number of methoxy groups -OCH3 is 2. The van der Waals surface area contributed by atoms with Gasteiger partial charge < -0.3 is 19.3 Å². The largest absolute Gasteiger partial charge is 0.493 e. The lowest BCUT2D eigenvalue weighted by atomic mass is 10.0. The first-order valence-corrected chi connectivity index (χ1v) is 11.4. The van der Waals surface area contributed by atoms with Crippen LogP contribution in [0.3, 0.4) is 0 Å². The minimum absolute atomic E-state index is 0.125. The third-order valence-electron chi connectivity index (χ3n) is 5.94. The Bertz CT molecular complexity index is 1310. The van der Waals surface area contributed by atoms with Crippen molar-refractivity contribution in [3.05, 3.63) is 77.4 Å². The van der Waals surface area contributed by atoms with Gasteiger partial charge in [0.15, 0.2) is 11.5 Å². The van der Waals surface area contributed by atoms with Gasteiger partial charge in [0.25, 0.3) is 11.8 Å². The van der Waals surface area contributed by atoms with Gasteiger partial charge in [-0.15, -0.1) is 0 Å². The summed E-state index contributed by atoms with van der Waals surface area (Å²) in [5.41, 5.74) is 3.16. The molecule has 0 saturated carbocycles. The molecule has 0 radical (unpaired) electrons. The Morgan fingerprint density at radius 1 is 0.973 bits per heavy atom. The third-order valence-corrected chi connectivity index (χ3v) is 5.94. The number of aromatic nitrogens is 2. The predicted molar refractivity (Wildman–Crippen MR) is 134 cm³/mol. The Morgan fingerprint density at radius 2 is 1.68 bits per heavy atom. The van der Waals surface area contributed by atoms with E-state index in [1.54, 1.807) is 48.4 Å². The first-order valence-electron chi connectivity index (χ1n) is 11.4. The lowest BCUT2D eigenvalue weighted by Gasteiger charge is -2.35. The molecular weight excluding hydrogens is 481 g/mol. The Hall–Kier alpha value is -4.51. The smallest absolute Gasteiger partial charge is 0.277 e. The zero-order valence-corrected chi connectivity index (χ0v) is 20.3. The number of carbonyl (C=O) groups excluding carboxylic acids is 2. The maximum atomic E-state index is 14.1. The Morgan fingerprint density at radius 3 is 2.30 bits per heavy atom. The van der Waals surface area contributed by atoms with Gasteiger partial charge in [-0.2, -0.15) is 0 Å². The van der Waals surface area contributed by atoms with Gasteiger partial charge in [-0.25, -0.2) is 19.8 Å². The lowest BCUT2D eigenvalue weighted by molar-refractivity contribution is -0.125. The van der Waals surface area contributed by atoms with Crippen LogP contribution in [0, 0.1) is 5.82 Å². The fraction of sp³-hybridized carbons (Fsp3) is 0.231. The van der Waals surface area contributed by atoms with Crippen LogP contribution in [0.4, 0.5) is 10.3 Å². The van der Waals surface area contributed by atoms with E-state index in [-0.39, 0.29) is 11.5 Å². The number of benzene rings is 2. The van der Waals surface area contributed by atoms with E-state index in [9.17, 15) is 14.0 Å². The molecule has 1 fully saturated rings. The van der Waals surface area contributed by atoms with E-state index in [0.717, 1.165) is 0 Å². The van der Waals surface area contributed by atoms with E-state index in [2.05, 4.69) is 9.97 Å². The minimum atomic E-state index is -0.701. The average Bonchev–Trinajstić information content (AvgIpc) is 2.95. The molecule has 0 unspecified atom stereocenters. The van der Waals surface area contributed by atoms with Crippen LogP contribution in [-0.2, 0) is 4.79 Å². The van der Waals surface area contributed by atoms with E-state index in [4.69, 9.17) is 14.7 Å². The molecule has 0 aliphatic carbocycles. The summed E-state index contributed by atoms with van der Waals surface area (Å²) in [6.07, 6.45) is 4.35. The zero-order valence-electron chi connectivity index (χ0n) is 20.3. The quantitative estimate of drug-likeness (QED) is 0.217. The second kappa shape index (κ2) is 11.5. The highest BCUT2D eigenvalue weighted by molar-refractivity contribution is 6.24. The highest BCUT2D eigenvalue weighted by atomic mass is 19.1. The SMILES string of the molecule is COc1ccc(C=C(C(=O)N2CCN(c3ncc(C(=O)NO)cn3)CC2)c2cccc(F)c2)cc1OC. The number of hydrogen-bond acceptors (Lipinski definition) is 8.